The van der Waals surface area contributed by atoms with E-state index in [1.54, 1.807) is 12.1 Å². The number of alkyl halides is 1. The molecule has 1 aromatic carbocycles. The van der Waals surface area contributed by atoms with Crippen LogP contribution in [0.4, 0.5) is 13.6 Å². The van der Waals surface area contributed by atoms with E-state index in [1.165, 1.54) is 12.1 Å². The number of hydrogen-bond donors (Lipinski definition) is 2. The molecule has 0 aromatic heterocycles. The van der Waals surface area contributed by atoms with E-state index >= 15 is 0 Å². The number of piperidine rings is 1. The number of urea groups is 1. The Labute approximate surface area is 157 Å². The lowest BCUT2D eigenvalue weighted by atomic mass is 9.74. The Bertz CT molecular complexity index is 655. The first-order chi connectivity index (χ1) is 12.1. The summed E-state index contributed by atoms with van der Waals surface area (Å²) in [6, 6.07) is 5.63. The number of nitrogens with one attached hydrogen (secondary N) is 2. The van der Waals surface area contributed by atoms with Crippen molar-refractivity contribution in [1.29, 1.82) is 0 Å². The van der Waals surface area contributed by atoms with Crippen LogP contribution in [0.2, 0.25) is 0 Å². The number of carbonyl (C=O) groups is 2. The largest absolute Gasteiger partial charge is 0.325 e. The van der Waals surface area contributed by atoms with Gasteiger partial charge in [0, 0.05) is 13.0 Å². The van der Waals surface area contributed by atoms with Crippen LogP contribution < -0.4 is 10.6 Å². The Kier molecular flexibility index (Phi) is 6.94. The molecule has 0 radical (unpaired) electrons. The van der Waals surface area contributed by atoms with Crippen molar-refractivity contribution in [1.82, 2.24) is 15.5 Å². The summed E-state index contributed by atoms with van der Waals surface area (Å²) in [6.45, 7) is 1.02. The number of benzene rings is 1. The highest BCUT2D eigenvalue weighted by Gasteiger charge is 2.55. The molecule has 2 aliphatic rings. The molecule has 144 valence electrons. The Morgan fingerprint density at radius 2 is 1.96 bits per heavy atom. The summed E-state index contributed by atoms with van der Waals surface area (Å²) in [5.74, 6) is -0.727. The normalized spacial score (nSPS) is 23.7. The first kappa shape index (κ1) is 20.6. The lowest BCUT2D eigenvalue weighted by Crippen LogP contribution is -2.57. The number of rotatable bonds is 6. The molecule has 1 aromatic rings. The molecule has 2 heterocycles. The number of hydrogen-bond acceptors (Lipinski definition) is 3. The van der Waals surface area contributed by atoms with Gasteiger partial charge in [-0.1, -0.05) is 12.1 Å². The van der Waals surface area contributed by atoms with Crippen LogP contribution in [0, 0.1) is 11.7 Å². The van der Waals surface area contributed by atoms with Gasteiger partial charge >= 0.3 is 6.03 Å². The number of halogens is 3. The molecule has 0 saturated carbocycles. The lowest BCUT2D eigenvalue weighted by Gasteiger charge is -2.38. The van der Waals surface area contributed by atoms with Gasteiger partial charge in [0.05, 0.1) is 6.67 Å². The fourth-order valence-electron chi connectivity index (χ4n) is 3.89. The fraction of sp³-hybridized carbons (Fsp3) is 0.556. The van der Waals surface area contributed by atoms with E-state index in [4.69, 9.17) is 0 Å². The molecule has 2 aliphatic heterocycles. The zero-order valence-electron chi connectivity index (χ0n) is 14.5. The third kappa shape index (κ3) is 3.99. The minimum atomic E-state index is -1.08. The molecule has 2 saturated heterocycles. The topological polar surface area (TPSA) is 61.4 Å². The molecule has 2 fully saturated rings. The third-order valence-electron chi connectivity index (χ3n) is 5.13. The Hall–Kier alpha value is -1.73. The summed E-state index contributed by atoms with van der Waals surface area (Å²) in [4.78, 5) is 26.6. The van der Waals surface area contributed by atoms with Gasteiger partial charge in [0.2, 0.25) is 0 Å². The van der Waals surface area contributed by atoms with E-state index in [-0.39, 0.29) is 49.4 Å². The van der Waals surface area contributed by atoms with Gasteiger partial charge in [-0.15, -0.1) is 12.4 Å². The first-order valence-corrected chi connectivity index (χ1v) is 8.72. The lowest BCUT2D eigenvalue weighted by molar-refractivity contribution is -0.133. The van der Waals surface area contributed by atoms with Crippen molar-refractivity contribution in [3.63, 3.8) is 0 Å². The third-order valence-corrected chi connectivity index (χ3v) is 5.13. The number of carbonyl (C=O) groups excluding carboxylic acids is 2. The highest BCUT2D eigenvalue weighted by atomic mass is 35.5. The van der Waals surface area contributed by atoms with Crippen LogP contribution >= 0.6 is 12.4 Å². The van der Waals surface area contributed by atoms with E-state index < -0.39 is 18.2 Å². The maximum Gasteiger partial charge on any atom is 0.325 e. The molecule has 26 heavy (non-hydrogen) atoms. The average Bonchev–Trinajstić information content (AvgIpc) is 2.85. The second kappa shape index (κ2) is 8.77. The van der Waals surface area contributed by atoms with Gasteiger partial charge < -0.3 is 10.6 Å². The molecular formula is C18H24ClF2N3O2. The standard InChI is InChI=1S/C18H23F2N3O2.ClH/c19-7-2-10-23-16(24)18(22-17(23)25,14-5-8-21-9-6-14)12-13-3-1-4-15(20)11-13;/h1,3-4,11,14,21H,2,5-10,12H2,(H,22,25);1H. The van der Waals surface area contributed by atoms with Crippen molar-refractivity contribution in [2.24, 2.45) is 5.92 Å². The summed E-state index contributed by atoms with van der Waals surface area (Å²) in [5.41, 5.74) is -0.414. The Morgan fingerprint density at radius 1 is 1.23 bits per heavy atom. The van der Waals surface area contributed by atoms with E-state index in [1.807, 2.05) is 0 Å². The summed E-state index contributed by atoms with van der Waals surface area (Å²) in [6.07, 6.45) is 1.87. The van der Waals surface area contributed by atoms with Crippen LogP contribution in [-0.4, -0.2) is 48.7 Å². The summed E-state index contributed by atoms with van der Waals surface area (Å²) >= 11 is 0. The molecule has 3 amide bonds. The van der Waals surface area contributed by atoms with Gasteiger partial charge in [0.15, 0.2) is 0 Å². The molecule has 0 bridgehead atoms. The van der Waals surface area contributed by atoms with Gasteiger partial charge in [-0.3, -0.25) is 14.1 Å². The van der Waals surface area contributed by atoms with Crippen LogP contribution in [0.1, 0.15) is 24.8 Å². The molecule has 5 nitrogen and oxygen atoms in total. The van der Waals surface area contributed by atoms with Gasteiger partial charge in [-0.2, -0.15) is 0 Å². The van der Waals surface area contributed by atoms with Crippen LogP contribution in [-0.2, 0) is 11.2 Å². The zero-order chi connectivity index (χ0) is 17.9. The maximum atomic E-state index is 13.6. The van der Waals surface area contributed by atoms with E-state index in [2.05, 4.69) is 10.6 Å². The molecule has 2 N–H and O–H groups in total. The van der Waals surface area contributed by atoms with Gasteiger partial charge in [-0.25, -0.2) is 9.18 Å². The number of nitrogens with zero attached hydrogens (tertiary/aromatic N) is 1. The second-order valence-corrected chi connectivity index (χ2v) is 6.73. The van der Waals surface area contributed by atoms with E-state index in [0.29, 0.717) is 5.56 Å². The molecule has 3 rings (SSSR count). The smallest absolute Gasteiger partial charge is 0.322 e. The van der Waals surface area contributed by atoms with Crippen molar-refractivity contribution in [3.8, 4) is 0 Å². The Morgan fingerprint density at radius 3 is 2.62 bits per heavy atom. The average molecular weight is 388 g/mol. The van der Waals surface area contributed by atoms with Crippen molar-refractivity contribution < 1.29 is 18.4 Å². The summed E-state index contributed by atoms with van der Waals surface area (Å²) in [5, 5.41) is 6.13. The maximum absolute atomic E-state index is 13.6. The van der Waals surface area contributed by atoms with Gasteiger partial charge in [-0.05, 0) is 56.0 Å². The minimum Gasteiger partial charge on any atom is -0.322 e. The van der Waals surface area contributed by atoms with Crippen molar-refractivity contribution in [2.75, 3.05) is 26.3 Å². The summed E-state index contributed by atoms with van der Waals surface area (Å²) in [7, 11) is 0. The second-order valence-electron chi connectivity index (χ2n) is 6.73. The SMILES string of the molecule is Cl.O=C1NC(Cc2cccc(F)c2)(C2CCNCC2)C(=O)N1CCCF. The van der Waals surface area contributed by atoms with Gasteiger partial charge in [0.1, 0.15) is 11.4 Å². The van der Waals surface area contributed by atoms with Crippen molar-refractivity contribution in [3.05, 3.63) is 35.6 Å². The zero-order valence-corrected chi connectivity index (χ0v) is 15.3. The minimum absolute atomic E-state index is 0. The Balaban J connectivity index is 0.00000243. The highest BCUT2D eigenvalue weighted by molar-refractivity contribution is 6.07. The molecule has 0 spiro atoms. The molecule has 8 heteroatoms. The van der Waals surface area contributed by atoms with Gasteiger partial charge in [0.25, 0.3) is 5.91 Å². The molecular weight excluding hydrogens is 364 g/mol. The number of amides is 3. The van der Waals surface area contributed by atoms with Crippen LogP contribution in [0.25, 0.3) is 0 Å². The predicted molar refractivity (Wildman–Crippen MR) is 96.5 cm³/mol. The monoisotopic (exact) mass is 387 g/mol. The molecule has 1 atom stereocenters. The fourth-order valence-corrected chi connectivity index (χ4v) is 3.89. The van der Waals surface area contributed by atoms with E-state index in [0.717, 1.165) is 30.8 Å². The van der Waals surface area contributed by atoms with Crippen molar-refractivity contribution in [2.45, 2.75) is 31.2 Å². The van der Waals surface area contributed by atoms with Crippen LogP contribution in [0.5, 0.6) is 0 Å². The van der Waals surface area contributed by atoms with Crippen LogP contribution in [0.3, 0.4) is 0 Å². The predicted octanol–water partition coefficient (Wildman–Crippen LogP) is 2.44. The van der Waals surface area contributed by atoms with Crippen molar-refractivity contribution >= 4 is 24.3 Å². The van der Waals surface area contributed by atoms with Crippen LogP contribution in [0.15, 0.2) is 24.3 Å². The summed E-state index contributed by atoms with van der Waals surface area (Å²) < 4.78 is 26.1. The first-order valence-electron chi connectivity index (χ1n) is 8.72. The quantitative estimate of drug-likeness (QED) is 0.737. The molecule has 0 aliphatic carbocycles. The molecule has 1 unspecified atom stereocenters. The van der Waals surface area contributed by atoms with E-state index in [9.17, 15) is 18.4 Å². The highest BCUT2D eigenvalue weighted by Crippen LogP contribution is 2.35. The number of imide groups is 1.